The Bertz CT molecular complexity index is 876. The van der Waals surface area contributed by atoms with Crippen molar-refractivity contribution in [3.63, 3.8) is 0 Å². The van der Waals surface area contributed by atoms with Crippen molar-refractivity contribution in [2.24, 2.45) is 0 Å². The molecule has 9 heteroatoms. The minimum absolute atomic E-state index is 0.166. The number of rotatable bonds is 10. The Labute approximate surface area is 185 Å². The maximum absolute atomic E-state index is 12.3. The average Bonchev–Trinajstić information content (AvgIpc) is 2.72. The molecule has 0 radical (unpaired) electrons. The summed E-state index contributed by atoms with van der Waals surface area (Å²) < 4.78 is 16.5. The molecule has 0 aliphatic heterocycles. The highest BCUT2D eigenvalue weighted by Crippen LogP contribution is 2.29. The summed E-state index contributed by atoms with van der Waals surface area (Å²) in [6, 6.07) is 9.74. The first kappa shape index (κ1) is 23.6. The van der Waals surface area contributed by atoms with E-state index in [2.05, 4.69) is 10.9 Å². The summed E-state index contributed by atoms with van der Waals surface area (Å²) in [7, 11) is 0. The van der Waals surface area contributed by atoms with Crippen LogP contribution in [0, 0.1) is 0 Å². The van der Waals surface area contributed by atoms with E-state index in [0.29, 0.717) is 59.1 Å². The second-order valence-electron chi connectivity index (χ2n) is 6.06. The van der Waals surface area contributed by atoms with Crippen LogP contribution in [0.3, 0.4) is 0 Å². The van der Waals surface area contributed by atoms with E-state index in [4.69, 9.17) is 37.4 Å². The first-order valence-corrected chi connectivity index (χ1v) is 10.3. The lowest BCUT2D eigenvalue weighted by molar-refractivity contribution is -0.122. The molecule has 2 rings (SSSR count). The molecule has 2 amide bonds. The van der Waals surface area contributed by atoms with Crippen LogP contribution >= 0.6 is 23.2 Å². The molecule has 0 unspecified atom stereocenters. The van der Waals surface area contributed by atoms with Gasteiger partial charge in [0.2, 0.25) is 5.91 Å². The number of hydrogen-bond acceptors (Lipinski definition) is 5. The van der Waals surface area contributed by atoms with Crippen molar-refractivity contribution < 1.29 is 23.8 Å². The summed E-state index contributed by atoms with van der Waals surface area (Å²) in [5.41, 5.74) is 5.10. The Morgan fingerprint density at radius 3 is 2.27 bits per heavy atom. The minimum Gasteiger partial charge on any atom is -0.492 e. The highest BCUT2D eigenvalue weighted by Gasteiger charge is 2.12. The third-order valence-corrected chi connectivity index (χ3v) is 4.35. The molecule has 2 aromatic rings. The van der Waals surface area contributed by atoms with E-state index in [1.54, 1.807) is 36.4 Å². The van der Waals surface area contributed by atoms with Crippen LogP contribution in [0.1, 0.15) is 37.0 Å². The third kappa shape index (κ3) is 7.31. The van der Waals surface area contributed by atoms with Crippen molar-refractivity contribution in [2.45, 2.75) is 26.7 Å². The average molecular weight is 455 g/mol. The van der Waals surface area contributed by atoms with Gasteiger partial charge in [-0.25, -0.2) is 0 Å². The Morgan fingerprint density at radius 2 is 1.57 bits per heavy atom. The fourth-order valence-electron chi connectivity index (χ4n) is 2.46. The van der Waals surface area contributed by atoms with Crippen molar-refractivity contribution in [2.75, 3.05) is 19.8 Å². The van der Waals surface area contributed by atoms with Gasteiger partial charge in [0.1, 0.15) is 5.75 Å². The standard InChI is InChI=1S/C21H24Cl2N2O5/c1-3-28-18-9-7-14(12-19(18)29-4-2)21(27)25-24-20(26)6-5-11-30-17-10-8-15(22)13-16(17)23/h7-10,12-13H,3-6,11H2,1-2H3,(H,24,26)(H,25,27). The Balaban J connectivity index is 1.77. The van der Waals surface area contributed by atoms with Gasteiger partial charge in [-0.05, 0) is 56.7 Å². The van der Waals surface area contributed by atoms with Crippen LogP contribution in [-0.4, -0.2) is 31.6 Å². The SMILES string of the molecule is CCOc1ccc(C(=O)NNC(=O)CCCOc2ccc(Cl)cc2Cl)cc1OCC. The van der Waals surface area contributed by atoms with Crippen LogP contribution in [0.15, 0.2) is 36.4 Å². The van der Waals surface area contributed by atoms with Gasteiger partial charge in [0, 0.05) is 17.0 Å². The summed E-state index contributed by atoms with van der Waals surface area (Å²) in [5, 5.41) is 0.921. The van der Waals surface area contributed by atoms with E-state index in [-0.39, 0.29) is 12.3 Å². The summed E-state index contributed by atoms with van der Waals surface area (Å²) in [4.78, 5) is 24.2. The zero-order chi connectivity index (χ0) is 21.9. The monoisotopic (exact) mass is 454 g/mol. The molecule has 0 aliphatic carbocycles. The summed E-state index contributed by atoms with van der Waals surface area (Å²) in [5.74, 6) is 0.717. The molecule has 0 aliphatic rings. The van der Waals surface area contributed by atoms with E-state index in [9.17, 15) is 9.59 Å². The van der Waals surface area contributed by atoms with Crippen LogP contribution in [0.5, 0.6) is 17.2 Å². The zero-order valence-corrected chi connectivity index (χ0v) is 18.3. The van der Waals surface area contributed by atoms with Gasteiger partial charge in [0.15, 0.2) is 11.5 Å². The van der Waals surface area contributed by atoms with E-state index >= 15 is 0 Å². The van der Waals surface area contributed by atoms with Crippen LogP contribution in [-0.2, 0) is 4.79 Å². The molecule has 7 nitrogen and oxygen atoms in total. The smallest absolute Gasteiger partial charge is 0.269 e. The maximum Gasteiger partial charge on any atom is 0.269 e. The lowest BCUT2D eigenvalue weighted by Gasteiger charge is -2.13. The number of amides is 2. The van der Waals surface area contributed by atoms with Crippen molar-refractivity contribution in [1.29, 1.82) is 0 Å². The maximum atomic E-state index is 12.3. The molecule has 0 atom stereocenters. The van der Waals surface area contributed by atoms with Gasteiger partial charge in [-0.15, -0.1) is 0 Å². The first-order chi connectivity index (χ1) is 14.4. The summed E-state index contributed by atoms with van der Waals surface area (Å²) in [6.07, 6.45) is 0.608. The molecule has 162 valence electrons. The number of hydrazine groups is 1. The van der Waals surface area contributed by atoms with Crippen LogP contribution < -0.4 is 25.1 Å². The van der Waals surface area contributed by atoms with Gasteiger partial charge in [-0.2, -0.15) is 0 Å². The molecule has 0 aromatic heterocycles. The number of carbonyl (C=O) groups excluding carboxylic acids is 2. The molecule has 0 heterocycles. The highest BCUT2D eigenvalue weighted by molar-refractivity contribution is 6.35. The van der Waals surface area contributed by atoms with E-state index in [1.807, 2.05) is 13.8 Å². The van der Waals surface area contributed by atoms with Gasteiger partial charge < -0.3 is 14.2 Å². The van der Waals surface area contributed by atoms with E-state index in [0.717, 1.165) is 0 Å². The Kier molecular flexibility index (Phi) is 9.57. The number of ether oxygens (including phenoxy) is 3. The van der Waals surface area contributed by atoms with Gasteiger partial charge >= 0.3 is 0 Å². The fourth-order valence-corrected chi connectivity index (χ4v) is 2.92. The topological polar surface area (TPSA) is 85.9 Å². The summed E-state index contributed by atoms with van der Waals surface area (Å²) >= 11 is 11.8. The second kappa shape index (κ2) is 12.1. The van der Waals surface area contributed by atoms with Gasteiger partial charge in [0.25, 0.3) is 5.91 Å². The lowest BCUT2D eigenvalue weighted by atomic mass is 10.2. The van der Waals surface area contributed by atoms with Gasteiger partial charge in [-0.1, -0.05) is 23.2 Å². The molecule has 2 aromatic carbocycles. The third-order valence-electron chi connectivity index (χ3n) is 3.82. The molecule has 0 saturated heterocycles. The normalized spacial score (nSPS) is 10.3. The molecule has 2 N–H and O–H groups in total. The molecule has 0 saturated carbocycles. The first-order valence-electron chi connectivity index (χ1n) is 9.51. The van der Waals surface area contributed by atoms with E-state index in [1.165, 1.54) is 0 Å². The van der Waals surface area contributed by atoms with Crippen molar-refractivity contribution >= 4 is 35.0 Å². The Morgan fingerprint density at radius 1 is 0.867 bits per heavy atom. The van der Waals surface area contributed by atoms with Crippen molar-refractivity contribution in [3.05, 3.63) is 52.0 Å². The number of nitrogens with one attached hydrogen (secondary N) is 2. The van der Waals surface area contributed by atoms with Crippen LogP contribution in [0.25, 0.3) is 0 Å². The molecule has 0 spiro atoms. The lowest BCUT2D eigenvalue weighted by Crippen LogP contribution is -2.41. The molecular weight excluding hydrogens is 431 g/mol. The molecule has 0 fully saturated rings. The number of benzene rings is 2. The van der Waals surface area contributed by atoms with Crippen molar-refractivity contribution in [1.82, 2.24) is 10.9 Å². The molecule has 30 heavy (non-hydrogen) atoms. The van der Waals surface area contributed by atoms with Crippen LogP contribution in [0.4, 0.5) is 0 Å². The van der Waals surface area contributed by atoms with Crippen LogP contribution in [0.2, 0.25) is 10.0 Å². The zero-order valence-electron chi connectivity index (χ0n) is 16.8. The largest absolute Gasteiger partial charge is 0.492 e. The molecular formula is C21H24Cl2N2O5. The van der Waals surface area contributed by atoms with Gasteiger partial charge in [-0.3, -0.25) is 20.4 Å². The number of hydrogen-bond donors (Lipinski definition) is 2. The number of carbonyl (C=O) groups is 2. The summed E-state index contributed by atoms with van der Waals surface area (Å²) in [6.45, 7) is 4.91. The molecule has 0 bridgehead atoms. The predicted octanol–water partition coefficient (Wildman–Crippen LogP) is 4.41. The van der Waals surface area contributed by atoms with Gasteiger partial charge in [0.05, 0.1) is 24.8 Å². The van der Waals surface area contributed by atoms with E-state index < -0.39 is 5.91 Å². The quantitative estimate of drug-likeness (QED) is 0.410. The highest BCUT2D eigenvalue weighted by atomic mass is 35.5. The second-order valence-corrected chi connectivity index (χ2v) is 6.90. The Hall–Kier alpha value is -2.64. The number of halogens is 2. The van der Waals surface area contributed by atoms with Crippen molar-refractivity contribution in [3.8, 4) is 17.2 Å². The fraction of sp³-hybridized carbons (Fsp3) is 0.333. The predicted molar refractivity (Wildman–Crippen MR) is 116 cm³/mol. The minimum atomic E-state index is -0.462.